The summed E-state index contributed by atoms with van der Waals surface area (Å²) in [4.78, 5) is 15.9. The van der Waals surface area contributed by atoms with Crippen molar-refractivity contribution in [2.45, 2.75) is 0 Å². The average molecular weight is 346 g/mol. The number of amides is 1. The minimum Gasteiger partial charge on any atom is -0.374 e. The molecule has 0 saturated heterocycles. The average Bonchev–Trinajstić information content (AvgIpc) is 2.90. The van der Waals surface area contributed by atoms with E-state index in [2.05, 4.69) is 20.8 Å². The van der Waals surface area contributed by atoms with Gasteiger partial charge in [-0.05, 0) is 24.3 Å². The summed E-state index contributed by atoms with van der Waals surface area (Å²) in [5.41, 5.74) is 3.83. The third-order valence-corrected chi connectivity index (χ3v) is 3.49. The Hall–Kier alpha value is -2.93. The predicted octanol–water partition coefficient (Wildman–Crippen LogP) is 2.69. The molecule has 0 spiro atoms. The zero-order chi connectivity index (χ0) is 16.9. The maximum atomic E-state index is 13.4. The second-order valence-corrected chi connectivity index (χ2v) is 5.20. The van der Waals surface area contributed by atoms with Crippen LogP contribution in [0.15, 0.2) is 53.8 Å². The largest absolute Gasteiger partial charge is 0.374 e. The number of rotatable bonds is 5. The van der Waals surface area contributed by atoms with Crippen molar-refractivity contribution in [1.82, 2.24) is 14.8 Å². The Labute approximate surface area is 142 Å². The van der Waals surface area contributed by atoms with Crippen LogP contribution in [0.25, 0.3) is 5.65 Å². The third kappa shape index (κ3) is 3.52. The van der Waals surface area contributed by atoms with Crippen LogP contribution >= 0.6 is 11.6 Å². The summed E-state index contributed by atoms with van der Waals surface area (Å²) in [5.74, 6) is -0.842. The van der Waals surface area contributed by atoms with Crippen LogP contribution in [0.4, 0.5) is 10.1 Å². The molecule has 0 aliphatic rings. The number of nitrogens with zero attached hydrogens (tertiary/aromatic N) is 3. The van der Waals surface area contributed by atoms with Gasteiger partial charge in [0.25, 0.3) is 5.91 Å². The summed E-state index contributed by atoms with van der Waals surface area (Å²) in [6.07, 6.45) is 3.19. The quantitative estimate of drug-likeness (QED) is 0.551. The fraction of sp³-hybridized carbons (Fsp3) is 0.0625. The molecule has 2 aromatic heterocycles. The maximum absolute atomic E-state index is 13.4. The van der Waals surface area contributed by atoms with Gasteiger partial charge in [0.15, 0.2) is 5.15 Å². The van der Waals surface area contributed by atoms with Crippen LogP contribution in [-0.4, -0.2) is 28.1 Å². The van der Waals surface area contributed by atoms with Crippen LogP contribution < -0.4 is 10.7 Å². The van der Waals surface area contributed by atoms with E-state index in [-0.39, 0.29) is 17.4 Å². The van der Waals surface area contributed by atoms with Crippen molar-refractivity contribution in [2.75, 3.05) is 11.9 Å². The second kappa shape index (κ2) is 7.10. The van der Waals surface area contributed by atoms with Gasteiger partial charge in [-0.1, -0.05) is 29.8 Å². The Morgan fingerprint density at radius 1 is 1.29 bits per heavy atom. The highest BCUT2D eigenvalue weighted by Gasteiger charge is 2.08. The molecule has 122 valence electrons. The molecule has 2 heterocycles. The standard InChI is InChI=1S/C16H13ClFN5O/c17-16-13(23-8-4-3-7-14(23)21-16)9-20-22-15(24)10-19-12-6-2-1-5-11(12)18/h1-9,19H,10H2,(H,22,24)/b20-9+. The van der Waals surface area contributed by atoms with E-state index in [0.29, 0.717) is 11.3 Å². The smallest absolute Gasteiger partial charge is 0.259 e. The molecule has 0 aliphatic carbocycles. The van der Waals surface area contributed by atoms with E-state index in [1.807, 2.05) is 12.1 Å². The topological polar surface area (TPSA) is 70.8 Å². The number of carbonyl (C=O) groups excluding carboxylic acids is 1. The first-order valence-corrected chi connectivity index (χ1v) is 7.46. The lowest BCUT2D eigenvalue weighted by atomic mass is 10.3. The molecule has 0 fully saturated rings. The number of nitrogens with one attached hydrogen (secondary N) is 2. The van der Waals surface area contributed by atoms with Gasteiger partial charge >= 0.3 is 0 Å². The molecule has 0 bridgehead atoms. The number of halogens is 2. The highest BCUT2D eigenvalue weighted by Crippen LogP contribution is 2.15. The monoisotopic (exact) mass is 345 g/mol. The summed E-state index contributed by atoms with van der Waals surface area (Å²) < 4.78 is 15.2. The zero-order valence-electron chi connectivity index (χ0n) is 12.4. The van der Waals surface area contributed by atoms with Crippen LogP contribution in [0.1, 0.15) is 5.69 Å². The van der Waals surface area contributed by atoms with E-state index >= 15 is 0 Å². The molecule has 1 amide bonds. The number of hydrogen-bond donors (Lipinski definition) is 2. The van der Waals surface area contributed by atoms with Gasteiger partial charge in [-0.3, -0.25) is 9.20 Å². The van der Waals surface area contributed by atoms with Gasteiger partial charge in [0.1, 0.15) is 17.2 Å². The zero-order valence-corrected chi connectivity index (χ0v) is 13.2. The van der Waals surface area contributed by atoms with Gasteiger partial charge in [0, 0.05) is 6.20 Å². The van der Waals surface area contributed by atoms with Crippen LogP contribution in [0.3, 0.4) is 0 Å². The lowest BCUT2D eigenvalue weighted by molar-refractivity contribution is -0.119. The highest BCUT2D eigenvalue weighted by molar-refractivity contribution is 6.32. The number of imidazole rings is 1. The predicted molar refractivity (Wildman–Crippen MR) is 90.8 cm³/mol. The van der Waals surface area contributed by atoms with Crippen LogP contribution in [-0.2, 0) is 4.79 Å². The van der Waals surface area contributed by atoms with E-state index < -0.39 is 11.7 Å². The third-order valence-electron chi connectivity index (χ3n) is 3.21. The lowest BCUT2D eigenvalue weighted by Crippen LogP contribution is -2.26. The van der Waals surface area contributed by atoms with E-state index in [4.69, 9.17) is 11.6 Å². The molecule has 0 saturated carbocycles. The molecule has 8 heteroatoms. The number of pyridine rings is 1. The SMILES string of the molecule is O=C(CNc1ccccc1F)N/N=C/c1c(Cl)nc2ccccn12. The van der Waals surface area contributed by atoms with E-state index in [1.165, 1.54) is 12.3 Å². The molecule has 0 aliphatic heterocycles. The Morgan fingerprint density at radius 2 is 2.08 bits per heavy atom. The van der Waals surface area contributed by atoms with Crippen molar-refractivity contribution in [2.24, 2.45) is 5.10 Å². The van der Waals surface area contributed by atoms with Gasteiger partial charge in [0.2, 0.25) is 0 Å². The number of hydrogen-bond acceptors (Lipinski definition) is 4. The van der Waals surface area contributed by atoms with Gasteiger partial charge in [-0.25, -0.2) is 14.8 Å². The Bertz CT molecular complexity index is 908. The van der Waals surface area contributed by atoms with Gasteiger partial charge < -0.3 is 5.32 Å². The highest BCUT2D eigenvalue weighted by atomic mass is 35.5. The molecular weight excluding hydrogens is 333 g/mol. The van der Waals surface area contributed by atoms with Crippen molar-refractivity contribution < 1.29 is 9.18 Å². The molecule has 3 rings (SSSR count). The number of para-hydroxylation sites is 1. The molecule has 0 radical (unpaired) electrons. The number of aromatic nitrogens is 2. The fourth-order valence-electron chi connectivity index (χ4n) is 2.09. The van der Waals surface area contributed by atoms with Crippen molar-refractivity contribution in [3.63, 3.8) is 0 Å². The molecular formula is C16H13ClFN5O. The second-order valence-electron chi connectivity index (χ2n) is 4.84. The maximum Gasteiger partial charge on any atom is 0.259 e. The van der Waals surface area contributed by atoms with Crippen LogP contribution in [0.5, 0.6) is 0 Å². The van der Waals surface area contributed by atoms with Crippen LogP contribution in [0.2, 0.25) is 5.15 Å². The van der Waals surface area contributed by atoms with Crippen molar-refractivity contribution in [3.8, 4) is 0 Å². The normalized spacial score (nSPS) is 11.1. The Balaban J connectivity index is 1.60. The lowest BCUT2D eigenvalue weighted by Gasteiger charge is -2.05. The molecule has 24 heavy (non-hydrogen) atoms. The Kier molecular flexibility index (Phi) is 4.72. The number of fused-ring (bicyclic) bond motifs is 1. The van der Waals surface area contributed by atoms with Crippen molar-refractivity contribution in [1.29, 1.82) is 0 Å². The number of carbonyl (C=O) groups is 1. The van der Waals surface area contributed by atoms with E-state index in [0.717, 1.165) is 0 Å². The van der Waals surface area contributed by atoms with Gasteiger partial charge in [-0.2, -0.15) is 5.10 Å². The molecule has 3 aromatic rings. The fourth-order valence-corrected chi connectivity index (χ4v) is 2.31. The van der Waals surface area contributed by atoms with Crippen molar-refractivity contribution >= 4 is 35.1 Å². The van der Waals surface area contributed by atoms with Crippen LogP contribution in [0, 0.1) is 5.82 Å². The molecule has 0 unspecified atom stereocenters. The summed E-state index contributed by atoms with van der Waals surface area (Å²) >= 11 is 6.05. The van der Waals surface area contributed by atoms with Gasteiger partial charge in [0.05, 0.1) is 18.4 Å². The van der Waals surface area contributed by atoms with E-state index in [9.17, 15) is 9.18 Å². The molecule has 1 aromatic carbocycles. The summed E-state index contributed by atoms with van der Waals surface area (Å²) in [7, 11) is 0. The summed E-state index contributed by atoms with van der Waals surface area (Å²) in [5, 5.41) is 6.83. The first-order chi connectivity index (χ1) is 11.6. The van der Waals surface area contributed by atoms with Gasteiger partial charge in [-0.15, -0.1) is 0 Å². The molecule has 6 nitrogen and oxygen atoms in total. The summed E-state index contributed by atoms with van der Waals surface area (Å²) in [6.45, 7) is -0.112. The first kappa shape index (κ1) is 15.9. The van der Waals surface area contributed by atoms with E-state index in [1.54, 1.807) is 34.9 Å². The minimum absolute atomic E-state index is 0.112. The number of anilines is 1. The Morgan fingerprint density at radius 3 is 2.92 bits per heavy atom. The molecule has 0 atom stereocenters. The molecule has 2 N–H and O–H groups in total. The number of benzene rings is 1. The number of hydrazone groups is 1. The minimum atomic E-state index is -0.425. The van der Waals surface area contributed by atoms with Crippen molar-refractivity contribution in [3.05, 3.63) is 65.3 Å². The first-order valence-electron chi connectivity index (χ1n) is 7.08. The summed E-state index contributed by atoms with van der Waals surface area (Å²) in [6, 6.07) is 11.6.